The Kier molecular flexibility index (Phi) is 11.3. The van der Waals surface area contributed by atoms with Crippen LogP contribution in [0.1, 0.15) is 75.6 Å². The fourth-order valence-electron chi connectivity index (χ4n) is 4.72. The van der Waals surface area contributed by atoms with E-state index in [1.165, 1.54) is 4.90 Å². The summed E-state index contributed by atoms with van der Waals surface area (Å²) < 4.78 is 29.3. The molecule has 0 aromatic heterocycles. The number of nitrogens with one attached hydrogen (secondary N) is 1. The molecule has 1 N–H and O–H groups in total. The summed E-state index contributed by atoms with van der Waals surface area (Å²) in [5.74, 6) is -0.433. The van der Waals surface area contributed by atoms with Crippen molar-refractivity contribution in [2.75, 3.05) is 10.8 Å². The molecule has 3 aromatic rings. The van der Waals surface area contributed by atoms with Crippen LogP contribution in [0.4, 0.5) is 5.69 Å². The average molecular weight is 592 g/mol. The molecule has 0 fully saturated rings. The predicted molar refractivity (Wildman–Crippen MR) is 170 cm³/mol. The number of amides is 2. The first kappa shape index (κ1) is 32.9. The van der Waals surface area contributed by atoms with Crippen molar-refractivity contribution in [1.29, 1.82) is 0 Å². The van der Waals surface area contributed by atoms with Crippen LogP contribution in [-0.4, -0.2) is 43.8 Å². The second-order valence-electron chi connectivity index (χ2n) is 11.3. The quantitative estimate of drug-likeness (QED) is 0.251. The Balaban J connectivity index is 2.08. The van der Waals surface area contributed by atoms with Gasteiger partial charge in [0.25, 0.3) is 10.0 Å². The van der Waals surface area contributed by atoms with Gasteiger partial charge in [-0.2, -0.15) is 0 Å². The van der Waals surface area contributed by atoms with E-state index in [4.69, 9.17) is 0 Å². The van der Waals surface area contributed by atoms with Crippen LogP contribution in [-0.2, 0) is 26.2 Å². The number of rotatable bonds is 13. The van der Waals surface area contributed by atoms with Crippen molar-refractivity contribution in [1.82, 2.24) is 10.2 Å². The first-order chi connectivity index (χ1) is 19.9. The normalized spacial score (nSPS) is 13.0. The zero-order valence-electron chi connectivity index (χ0n) is 25.9. The van der Waals surface area contributed by atoms with E-state index in [-0.39, 0.29) is 29.3 Å². The van der Waals surface area contributed by atoms with Gasteiger partial charge in [0.05, 0.1) is 10.6 Å². The second-order valence-corrected chi connectivity index (χ2v) is 13.1. The van der Waals surface area contributed by atoms with E-state index in [0.717, 1.165) is 33.0 Å². The highest BCUT2D eigenvalue weighted by Gasteiger charge is 2.34. The van der Waals surface area contributed by atoms with Gasteiger partial charge in [0, 0.05) is 12.6 Å². The highest BCUT2D eigenvalue weighted by atomic mass is 32.2. The summed E-state index contributed by atoms with van der Waals surface area (Å²) in [6.07, 6.45) is 1.14. The number of nitrogens with zero attached hydrogens (tertiary/aromatic N) is 2. The third kappa shape index (κ3) is 8.00. The molecular formula is C34H45N3O4S. The summed E-state index contributed by atoms with van der Waals surface area (Å²) >= 11 is 0. The summed E-state index contributed by atoms with van der Waals surface area (Å²) in [7, 11) is -4.10. The lowest BCUT2D eigenvalue weighted by atomic mass is 10.0. The van der Waals surface area contributed by atoms with Crippen LogP contribution in [0.15, 0.2) is 77.7 Å². The van der Waals surface area contributed by atoms with Crippen LogP contribution in [0.5, 0.6) is 0 Å². The van der Waals surface area contributed by atoms with E-state index in [0.29, 0.717) is 12.1 Å². The summed E-state index contributed by atoms with van der Waals surface area (Å²) in [5.41, 5.74) is 4.27. The van der Waals surface area contributed by atoms with Crippen molar-refractivity contribution >= 4 is 27.5 Å². The molecular weight excluding hydrogens is 546 g/mol. The summed E-state index contributed by atoms with van der Waals surface area (Å²) in [5, 5.41) is 3.01. The van der Waals surface area contributed by atoms with E-state index in [9.17, 15) is 18.0 Å². The third-order valence-electron chi connectivity index (χ3n) is 7.72. The topological polar surface area (TPSA) is 86.8 Å². The number of carbonyl (C=O) groups is 2. The lowest BCUT2D eigenvalue weighted by Crippen LogP contribution is -2.53. The van der Waals surface area contributed by atoms with Gasteiger partial charge >= 0.3 is 0 Å². The lowest BCUT2D eigenvalue weighted by Gasteiger charge is -2.34. The molecule has 0 unspecified atom stereocenters. The number of anilines is 1. The van der Waals surface area contributed by atoms with Crippen molar-refractivity contribution in [2.45, 2.75) is 90.7 Å². The standard InChI is InChI=1S/C34H45N3O4S/c1-8-27(7)35-34(39)32(9-2)36(22-29-13-11-10-12-26(29)6)33(38)23-37(30-18-16-28(17-19-30)24(3)4)42(40,41)31-20-14-25(5)15-21-31/h10-21,24,27,32H,8-9,22-23H2,1-7H3,(H,35,39)/t27-,32+/m1/s1. The Labute approximate surface area is 252 Å². The molecule has 2 atom stereocenters. The lowest BCUT2D eigenvalue weighted by molar-refractivity contribution is -0.140. The van der Waals surface area contributed by atoms with Crippen molar-refractivity contribution in [3.05, 3.63) is 95.1 Å². The maximum atomic E-state index is 14.2. The zero-order chi connectivity index (χ0) is 31.0. The molecule has 0 radical (unpaired) electrons. The van der Waals surface area contributed by atoms with Gasteiger partial charge in [-0.1, -0.05) is 81.8 Å². The maximum Gasteiger partial charge on any atom is 0.264 e. The molecule has 7 nitrogen and oxygen atoms in total. The molecule has 0 spiro atoms. The Bertz CT molecular complexity index is 1450. The molecule has 8 heteroatoms. The Morgan fingerprint density at radius 2 is 1.45 bits per heavy atom. The number of carbonyl (C=O) groups excluding carboxylic acids is 2. The third-order valence-corrected chi connectivity index (χ3v) is 9.51. The van der Waals surface area contributed by atoms with Gasteiger partial charge in [0.1, 0.15) is 12.6 Å². The Morgan fingerprint density at radius 3 is 2.00 bits per heavy atom. The van der Waals surface area contributed by atoms with Crippen LogP contribution >= 0.6 is 0 Å². The van der Waals surface area contributed by atoms with Gasteiger partial charge < -0.3 is 10.2 Å². The van der Waals surface area contributed by atoms with Crippen molar-refractivity contribution in [3.63, 3.8) is 0 Å². The molecule has 0 aliphatic rings. The summed E-state index contributed by atoms with van der Waals surface area (Å²) in [4.78, 5) is 29.3. The summed E-state index contributed by atoms with van der Waals surface area (Å²) in [6, 6.07) is 20.8. The first-order valence-corrected chi connectivity index (χ1v) is 16.2. The molecule has 0 aliphatic heterocycles. The molecule has 3 rings (SSSR count). The van der Waals surface area contributed by atoms with E-state index >= 15 is 0 Å². The number of benzene rings is 3. The second kappa shape index (κ2) is 14.5. The smallest absolute Gasteiger partial charge is 0.264 e. The minimum atomic E-state index is -4.10. The molecule has 0 bridgehead atoms. The average Bonchev–Trinajstić information content (AvgIpc) is 2.96. The number of hydrogen-bond donors (Lipinski definition) is 1. The highest BCUT2D eigenvalue weighted by molar-refractivity contribution is 7.92. The molecule has 226 valence electrons. The van der Waals surface area contributed by atoms with Crippen LogP contribution in [0.3, 0.4) is 0 Å². The largest absolute Gasteiger partial charge is 0.352 e. The maximum absolute atomic E-state index is 14.2. The van der Waals surface area contributed by atoms with Crippen molar-refractivity contribution < 1.29 is 18.0 Å². The first-order valence-electron chi connectivity index (χ1n) is 14.7. The van der Waals surface area contributed by atoms with Gasteiger partial charge in [-0.15, -0.1) is 0 Å². The van der Waals surface area contributed by atoms with E-state index < -0.39 is 28.5 Å². The molecule has 42 heavy (non-hydrogen) atoms. The fourth-order valence-corrected chi connectivity index (χ4v) is 6.14. The van der Waals surface area contributed by atoms with Crippen LogP contribution in [0.25, 0.3) is 0 Å². The Hall–Kier alpha value is -3.65. The van der Waals surface area contributed by atoms with Crippen LogP contribution < -0.4 is 9.62 Å². The highest BCUT2D eigenvalue weighted by Crippen LogP contribution is 2.27. The predicted octanol–water partition coefficient (Wildman–Crippen LogP) is 6.34. The molecule has 0 heterocycles. The zero-order valence-corrected chi connectivity index (χ0v) is 26.7. The molecule has 0 aliphatic carbocycles. The van der Waals surface area contributed by atoms with E-state index in [1.54, 1.807) is 36.4 Å². The van der Waals surface area contributed by atoms with Gasteiger partial charge in [0.15, 0.2) is 0 Å². The molecule has 0 saturated carbocycles. The number of aryl methyl sites for hydroxylation is 2. The number of sulfonamides is 1. The van der Waals surface area contributed by atoms with Crippen LogP contribution in [0.2, 0.25) is 0 Å². The van der Waals surface area contributed by atoms with Gasteiger partial charge in [-0.25, -0.2) is 8.42 Å². The van der Waals surface area contributed by atoms with E-state index in [1.807, 2.05) is 71.0 Å². The van der Waals surface area contributed by atoms with Gasteiger partial charge in [-0.3, -0.25) is 13.9 Å². The van der Waals surface area contributed by atoms with Crippen LogP contribution in [0, 0.1) is 13.8 Å². The molecule has 3 aromatic carbocycles. The number of hydrogen-bond acceptors (Lipinski definition) is 4. The van der Waals surface area contributed by atoms with Gasteiger partial charge in [0.2, 0.25) is 11.8 Å². The van der Waals surface area contributed by atoms with E-state index in [2.05, 4.69) is 19.2 Å². The van der Waals surface area contributed by atoms with Gasteiger partial charge in [-0.05, 0) is 80.5 Å². The van der Waals surface area contributed by atoms with Crippen molar-refractivity contribution in [2.24, 2.45) is 0 Å². The minimum absolute atomic E-state index is 0.0557. The monoisotopic (exact) mass is 591 g/mol. The SMILES string of the molecule is CC[C@@H](C)NC(=O)[C@H](CC)N(Cc1ccccc1C)C(=O)CN(c1ccc(C(C)C)cc1)S(=O)(=O)c1ccc(C)cc1. The molecule has 0 saturated heterocycles. The minimum Gasteiger partial charge on any atom is -0.352 e. The summed E-state index contributed by atoms with van der Waals surface area (Å²) in [6.45, 7) is 13.5. The Morgan fingerprint density at radius 1 is 0.833 bits per heavy atom. The molecule has 2 amide bonds. The fraction of sp³-hybridized carbons (Fsp3) is 0.412. The van der Waals surface area contributed by atoms with Crippen molar-refractivity contribution in [3.8, 4) is 0 Å².